The Morgan fingerprint density at radius 1 is 1.35 bits per heavy atom. The number of rotatable bonds is 3. The van der Waals surface area contributed by atoms with Gasteiger partial charge in [0.1, 0.15) is 5.82 Å². The van der Waals surface area contributed by atoms with E-state index >= 15 is 0 Å². The summed E-state index contributed by atoms with van der Waals surface area (Å²) in [6.45, 7) is 2.21. The lowest BCUT2D eigenvalue weighted by molar-refractivity contribution is 0.316. The molecule has 1 N–H and O–H groups in total. The SMILES string of the molecule is CCC1CCCCC1Nc1cc(Cl)ccc1F. The zero-order valence-electron chi connectivity index (χ0n) is 10.2. The Bertz CT molecular complexity index is 380. The first kappa shape index (κ1) is 12.7. The lowest BCUT2D eigenvalue weighted by Crippen LogP contribution is -2.32. The van der Waals surface area contributed by atoms with E-state index in [1.807, 2.05) is 0 Å². The molecule has 1 nitrogen and oxygen atoms in total. The molecule has 0 aliphatic heterocycles. The number of anilines is 1. The second-order valence-corrected chi connectivity index (χ2v) is 5.26. The van der Waals surface area contributed by atoms with Crippen molar-refractivity contribution in [2.24, 2.45) is 5.92 Å². The Morgan fingerprint density at radius 3 is 2.88 bits per heavy atom. The molecule has 17 heavy (non-hydrogen) atoms. The summed E-state index contributed by atoms with van der Waals surface area (Å²) in [6.07, 6.45) is 6.06. The molecule has 94 valence electrons. The van der Waals surface area contributed by atoms with E-state index in [-0.39, 0.29) is 5.82 Å². The van der Waals surface area contributed by atoms with Crippen LogP contribution in [-0.4, -0.2) is 6.04 Å². The van der Waals surface area contributed by atoms with Gasteiger partial charge >= 0.3 is 0 Å². The highest BCUT2D eigenvalue weighted by atomic mass is 35.5. The Morgan fingerprint density at radius 2 is 2.12 bits per heavy atom. The quantitative estimate of drug-likeness (QED) is 0.813. The molecule has 0 heterocycles. The third kappa shape index (κ3) is 3.12. The smallest absolute Gasteiger partial charge is 0.146 e. The van der Waals surface area contributed by atoms with E-state index in [0.29, 0.717) is 22.7 Å². The van der Waals surface area contributed by atoms with E-state index in [0.717, 1.165) is 12.8 Å². The van der Waals surface area contributed by atoms with Gasteiger partial charge in [0.25, 0.3) is 0 Å². The fourth-order valence-electron chi connectivity index (χ4n) is 2.69. The standard InChI is InChI=1S/C14H19ClFN/c1-2-10-5-3-4-6-13(10)17-14-9-11(15)7-8-12(14)16/h7-10,13,17H,2-6H2,1H3. The molecule has 0 radical (unpaired) electrons. The van der Waals surface area contributed by atoms with Gasteiger partial charge in [-0.3, -0.25) is 0 Å². The molecule has 1 aliphatic rings. The van der Waals surface area contributed by atoms with Crippen LogP contribution in [0.4, 0.5) is 10.1 Å². The molecule has 0 amide bonds. The highest BCUT2D eigenvalue weighted by Gasteiger charge is 2.24. The van der Waals surface area contributed by atoms with Gasteiger partial charge in [0.15, 0.2) is 0 Å². The Labute approximate surface area is 107 Å². The van der Waals surface area contributed by atoms with Crippen LogP contribution in [0.5, 0.6) is 0 Å². The first-order valence-corrected chi connectivity index (χ1v) is 6.80. The number of hydrogen-bond acceptors (Lipinski definition) is 1. The van der Waals surface area contributed by atoms with Gasteiger partial charge in [-0.2, -0.15) is 0 Å². The molecule has 1 aromatic rings. The average Bonchev–Trinajstić information content (AvgIpc) is 2.34. The average molecular weight is 256 g/mol. The summed E-state index contributed by atoms with van der Waals surface area (Å²) < 4.78 is 13.6. The normalized spacial score (nSPS) is 24.6. The molecule has 0 aromatic heterocycles. The fraction of sp³-hybridized carbons (Fsp3) is 0.571. The first-order valence-electron chi connectivity index (χ1n) is 6.42. The maximum absolute atomic E-state index is 13.6. The number of hydrogen-bond donors (Lipinski definition) is 1. The highest BCUT2D eigenvalue weighted by Crippen LogP contribution is 2.30. The molecular formula is C14H19ClFN. The van der Waals surface area contributed by atoms with E-state index in [9.17, 15) is 4.39 Å². The van der Waals surface area contributed by atoms with Gasteiger partial charge < -0.3 is 5.32 Å². The second-order valence-electron chi connectivity index (χ2n) is 4.83. The van der Waals surface area contributed by atoms with Crippen LogP contribution in [0.3, 0.4) is 0 Å². The summed E-state index contributed by atoms with van der Waals surface area (Å²) in [7, 11) is 0. The van der Waals surface area contributed by atoms with Crippen molar-refractivity contribution in [3.8, 4) is 0 Å². The predicted molar refractivity (Wildman–Crippen MR) is 71.1 cm³/mol. The maximum atomic E-state index is 13.6. The van der Waals surface area contributed by atoms with Gasteiger partial charge in [0, 0.05) is 11.1 Å². The molecule has 0 saturated heterocycles. The largest absolute Gasteiger partial charge is 0.380 e. The highest BCUT2D eigenvalue weighted by molar-refractivity contribution is 6.30. The van der Waals surface area contributed by atoms with Gasteiger partial charge in [0.2, 0.25) is 0 Å². The van der Waals surface area contributed by atoms with E-state index in [2.05, 4.69) is 12.2 Å². The van der Waals surface area contributed by atoms with E-state index in [4.69, 9.17) is 11.6 Å². The third-order valence-corrected chi connectivity index (χ3v) is 3.94. The van der Waals surface area contributed by atoms with Crippen molar-refractivity contribution in [3.05, 3.63) is 29.0 Å². The Hall–Kier alpha value is -0.760. The summed E-state index contributed by atoms with van der Waals surface area (Å²) >= 11 is 5.90. The minimum Gasteiger partial charge on any atom is -0.380 e. The number of benzene rings is 1. The van der Waals surface area contributed by atoms with Crippen molar-refractivity contribution in [2.45, 2.75) is 45.1 Å². The topological polar surface area (TPSA) is 12.0 Å². The van der Waals surface area contributed by atoms with Crippen molar-refractivity contribution in [1.29, 1.82) is 0 Å². The van der Waals surface area contributed by atoms with Crippen LogP contribution >= 0.6 is 11.6 Å². The molecule has 2 atom stereocenters. The van der Waals surface area contributed by atoms with Crippen molar-refractivity contribution in [3.63, 3.8) is 0 Å². The lowest BCUT2D eigenvalue weighted by Gasteiger charge is -2.32. The van der Waals surface area contributed by atoms with Crippen molar-refractivity contribution >= 4 is 17.3 Å². The molecule has 0 spiro atoms. The molecule has 2 rings (SSSR count). The van der Waals surface area contributed by atoms with Crippen molar-refractivity contribution in [2.75, 3.05) is 5.32 Å². The fourth-order valence-corrected chi connectivity index (χ4v) is 2.87. The molecule has 1 aliphatic carbocycles. The minimum atomic E-state index is -0.213. The number of nitrogens with one attached hydrogen (secondary N) is 1. The van der Waals surface area contributed by atoms with Crippen LogP contribution in [0.15, 0.2) is 18.2 Å². The van der Waals surface area contributed by atoms with E-state index < -0.39 is 0 Å². The molecule has 1 saturated carbocycles. The molecule has 1 aromatic carbocycles. The van der Waals surface area contributed by atoms with Crippen LogP contribution in [0, 0.1) is 11.7 Å². The minimum absolute atomic E-state index is 0.213. The van der Waals surface area contributed by atoms with E-state index in [1.54, 1.807) is 12.1 Å². The third-order valence-electron chi connectivity index (χ3n) is 3.70. The monoisotopic (exact) mass is 255 g/mol. The first-order chi connectivity index (χ1) is 8.20. The second kappa shape index (κ2) is 5.72. The Kier molecular flexibility index (Phi) is 4.27. The maximum Gasteiger partial charge on any atom is 0.146 e. The predicted octanol–water partition coefficient (Wildman–Crippen LogP) is 4.86. The van der Waals surface area contributed by atoms with Gasteiger partial charge in [-0.05, 0) is 37.0 Å². The molecule has 2 unspecified atom stereocenters. The van der Waals surface area contributed by atoms with Crippen LogP contribution in [-0.2, 0) is 0 Å². The summed E-state index contributed by atoms with van der Waals surface area (Å²) in [5.41, 5.74) is 0.544. The van der Waals surface area contributed by atoms with Crippen LogP contribution in [0.1, 0.15) is 39.0 Å². The molecule has 1 fully saturated rings. The van der Waals surface area contributed by atoms with Crippen molar-refractivity contribution < 1.29 is 4.39 Å². The van der Waals surface area contributed by atoms with Gasteiger partial charge in [-0.15, -0.1) is 0 Å². The van der Waals surface area contributed by atoms with Gasteiger partial charge in [-0.1, -0.05) is 37.8 Å². The summed E-state index contributed by atoms with van der Waals surface area (Å²) in [4.78, 5) is 0. The molecule has 0 bridgehead atoms. The van der Waals surface area contributed by atoms with Crippen molar-refractivity contribution in [1.82, 2.24) is 0 Å². The zero-order valence-corrected chi connectivity index (χ0v) is 10.9. The van der Waals surface area contributed by atoms with Crippen LogP contribution in [0.2, 0.25) is 5.02 Å². The molecule has 3 heteroatoms. The van der Waals surface area contributed by atoms with Gasteiger partial charge in [0.05, 0.1) is 5.69 Å². The van der Waals surface area contributed by atoms with E-state index in [1.165, 1.54) is 25.3 Å². The Balaban J connectivity index is 2.10. The van der Waals surface area contributed by atoms with Gasteiger partial charge in [-0.25, -0.2) is 4.39 Å². The lowest BCUT2D eigenvalue weighted by atomic mass is 9.83. The van der Waals surface area contributed by atoms with Crippen LogP contribution in [0.25, 0.3) is 0 Å². The zero-order chi connectivity index (χ0) is 12.3. The van der Waals surface area contributed by atoms with Crippen LogP contribution < -0.4 is 5.32 Å². The number of halogens is 2. The summed E-state index contributed by atoms with van der Waals surface area (Å²) in [5.74, 6) is 0.442. The summed E-state index contributed by atoms with van der Waals surface area (Å²) in [6, 6.07) is 5.08. The summed E-state index contributed by atoms with van der Waals surface area (Å²) in [5, 5.41) is 3.91. The molecular weight excluding hydrogens is 237 g/mol.